The van der Waals surface area contributed by atoms with Crippen LogP contribution in [0.15, 0.2) is 47.5 Å². The molecular formula is C31H42N4O4. The van der Waals surface area contributed by atoms with Crippen molar-refractivity contribution in [1.82, 2.24) is 10.2 Å². The zero-order valence-corrected chi connectivity index (χ0v) is 23.8. The van der Waals surface area contributed by atoms with E-state index in [1.807, 2.05) is 52.0 Å². The van der Waals surface area contributed by atoms with Crippen LogP contribution in [-0.2, 0) is 16.0 Å². The number of aliphatic imine (C=N–C) groups is 1. The van der Waals surface area contributed by atoms with Crippen molar-refractivity contribution < 1.29 is 19.1 Å². The van der Waals surface area contributed by atoms with Gasteiger partial charge in [0.1, 0.15) is 11.4 Å². The SMILES string of the molecule is CC.COCC1c2cccc(c2)C(=O)NC2CC(C)(C)Oc3ccc(cc32)CCCCC2CC(=O)N1C(N)=N2. The van der Waals surface area contributed by atoms with Gasteiger partial charge in [-0.3, -0.25) is 14.5 Å². The zero-order chi connectivity index (χ0) is 28.2. The second-order valence-electron chi connectivity index (χ2n) is 10.9. The normalized spacial score (nSPS) is 24.3. The van der Waals surface area contributed by atoms with Crippen LogP contribution in [-0.4, -0.2) is 48.0 Å². The Kier molecular flexibility index (Phi) is 8.95. The molecule has 4 heterocycles. The van der Waals surface area contributed by atoms with Gasteiger partial charge < -0.3 is 20.5 Å². The minimum absolute atomic E-state index is 0.0693. The van der Waals surface area contributed by atoms with Crippen LogP contribution in [0.3, 0.4) is 0 Å². The second kappa shape index (κ2) is 12.2. The lowest BCUT2D eigenvalue weighted by Gasteiger charge is -2.38. The van der Waals surface area contributed by atoms with Gasteiger partial charge in [0.05, 0.1) is 24.7 Å². The van der Waals surface area contributed by atoms with Crippen molar-refractivity contribution in [3.8, 4) is 5.75 Å². The average molecular weight is 535 g/mol. The third kappa shape index (κ3) is 6.44. The van der Waals surface area contributed by atoms with Crippen LogP contribution >= 0.6 is 0 Å². The van der Waals surface area contributed by atoms with Gasteiger partial charge in [0.15, 0.2) is 5.96 Å². The number of hydrogen-bond donors (Lipinski definition) is 2. The van der Waals surface area contributed by atoms with Crippen molar-refractivity contribution in [3.63, 3.8) is 0 Å². The van der Waals surface area contributed by atoms with Crippen molar-refractivity contribution in [3.05, 3.63) is 64.7 Å². The molecule has 0 fully saturated rings. The van der Waals surface area contributed by atoms with E-state index in [0.29, 0.717) is 18.4 Å². The molecule has 0 aliphatic carbocycles. The maximum Gasteiger partial charge on any atom is 0.251 e. The largest absolute Gasteiger partial charge is 0.487 e. The molecule has 0 spiro atoms. The first-order valence-electron chi connectivity index (χ1n) is 14.1. The van der Waals surface area contributed by atoms with E-state index >= 15 is 0 Å². The Bertz CT molecular complexity index is 1220. The van der Waals surface area contributed by atoms with E-state index in [1.165, 1.54) is 10.5 Å². The molecule has 2 aromatic carbocycles. The summed E-state index contributed by atoms with van der Waals surface area (Å²) >= 11 is 0. The fraction of sp³-hybridized carbons (Fsp3) is 0.516. The van der Waals surface area contributed by atoms with Gasteiger partial charge in [-0.25, -0.2) is 4.99 Å². The summed E-state index contributed by atoms with van der Waals surface area (Å²) < 4.78 is 11.7. The van der Waals surface area contributed by atoms with Crippen LogP contribution in [0.4, 0.5) is 0 Å². The van der Waals surface area contributed by atoms with Gasteiger partial charge in [0, 0.05) is 31.1 Å². The molecule has 4 aliphatic rings. The van der Waals surface area contributed by atoms with Gasteiger partial charge in [0.25, 0.3) is 5.91 Å². The molecule has 3 atom stereocenters. The molecule has 3 N–H and O–H groups in total. The number of methoxy groups -OCH3 is 1. The van der Waals surface area contributed by atoms with Gasteiger partial charge in [-0.05, 0) is 62.4 Å². The summed E-state index contributed by atoms with van der Waals surface area (Å²) in [6, 6.07) is 12.9. The highest BCUT2D eigenvalue weighted by molar-refractivity contribution is 5.99. The van der Waals surface area contributed by atoms with E-state index in [0.717, 1.165) is 42.6 Å². The Labute approximate surface area is 232 Å². The molecule has 6 bridgehead atoms. The standard InChI is InChI=1S/C29H36N4O4.C2H6/c1-29(2)16-23-22-13-18(11-12-25(22)37-29)7-4-5-10-21-15-26(34)33(28(30)31-21)24(17-36-3)19-8-6-9-20(14-19)27(35)32-23;1-2/h6,8-9,11-14,21,23-24H,4-5,7,10,15-17H2,1-3H3,(H2,30,31)(H,32,35);1-2H3. The number of nitrogens with two attached hydrogens (primary N) is 1. The molecule has 3 unspecified atom stereocenters. The number of nitrogens with zero attached hydrogens (tertiary/aromatic N) is 2. The first kappa shape index (κ1) is 28.6. The number of carbonyl (C=O) groups is 2. The number of benzene rings is 2. The molecule has 8 nitrogen and oxygen atoms in total. The molecule has 8 heteroatoms. The average Bonchev–Trinajstić information content (AvgIpc) is 2.90. The zero-order valence-electron chi connectivity index (χ0n) is 23.8. The number of guanidine groups is 1. The third-order valence-electron chi connectivity index (χ3n) is 7.50. The molecule has 4 aliphatic heterocycles. The molecule has 39 heavy (non-hydrogen) atoms. The summed E-state index contributed by atoms with van der Waals surface area (Å²) in [5, 5.41) is 3.25. The van der Waals surface area contributed by atoms with Gasteiger partial charge in [-0.2, -0.15) is 0 Å². The minimum atomic E-state index is -0.473. The Morgan fingerprint density at radius 2 is 1.95 bits per heavy atom. The van der Waals surface area contributed by atoms with Crippen molar-refractivity contribution in [2.24, 2.45) is 10.7 Å². The lowest BCUT2D eigenvalue weighted by Crippen LogP contribution is -2.50. The Balaban J connectivity index is 0.00000172. The summed E-state index contributed by atoms with van der Waals surface area (Å²) in [5.74, 6) is 0.788. The van der Waals surface area contributed by atoms with E-state index in [4.69, 9.17) is 15.2 Å². The maximum atomic E-state index is 13.5. The fourth-order valence-corrected chi connectivity index (χ4v) is 5.73. The summed E-state index contributed by atoms with van der Waals surface area (Å²) in [6.45, 7) is 8.33. The van der Waals surface area contributed by atoms with Crippen molar-refractivity contribution in [2.75, 3.05) is 13.7 Å². The van der Waals surface area contributed by atoms with Gasteiger partial charge >= 0.3 is 0 Å². The van der Waals surface area contributed by atoms with Crippen LogP contribution < -0.4 is 15.8 Å². The first-order chi connectivity index (χ1) is 18.7. The Morgan fingerprint density at radius 1 is 1.15 bits per heavy atom. The first-order valence-corrected chi connectivity index (χ1v) is 14.1. The summed E-state index contributed by atoms with van der Waals surface area (Å²) in [6.07, 6.45) is 4.61. The van der Waals surface area contributed by atoms with E-state index in [9.17, 15) is 9.59 Å². The molecule has 2 aromatic rings. The summed E-state index contributed by atoms with van der Waals surface area (Å²) in [4.78, 5) is 33.0. The molecule has 0 saturated heterocycles. The van der Waals surface area contributed by atoms with Crippen molar-refractivity contribution in [1.29, 1.82) is 0 Å². The minimum Gasteiger partial charge on any atom is -0.487 e. The molecule has 2 amide bonds. The lowest BCUT2D eigenvalue weighted by atomic mass is 9.88. The van der Waals surface area contributed by atoms with Gasteiger partial charge in [0.2, 0.25) is 5.91 Å². The molecule has 0 saturated carbocycles. The monoisotopic (exact) mass is 534 g/mol. The number of aryl methyl sites for hydroxylation is 1. The maximum absolute atomic E-state index is 13.5. The number of amides is 2. The van der Waals surface area contributed by atoms with Gasteiger partial charge in [-0.15, -0.1) is 0 Å². The number of fused-ring (bicyclic) bond motifs is 5. The second-order valence-corrected chi connectivity index (χ2v) is 10.9. The highest BCUT2D eigenvalue weighted by Gasteiger charge is 2.36. The molecule has 210 valence electrons. The Hall–Kier alpha value is -3.39. The molecule has 0 radical (unpaired) electrons. The van der Waals surface area contributed by atoms with Crippen LogP contribution in [0.25, 0.3) is 0 Å². The van der Waals surface area contributed by atoms with Crippen LogP contribution in [0.5, 0.6) is 5.75 Å². The van der Waals surface area contributed by atoms with E-state index in [1.54, 1.807) is 13.2 Å². The topological polar surface area (TPSA) is 106 Å². The highest BCUT2D eigenvalue weighted by atomic mass is 16.5. The van der Waals surface area contributed by atoms with E-state index in [-0.39, 0.29) is 36.5 Å². The van der Waals surface area contributed by atoms with Crippen molar-refractivity contribution in [2.45, 2.75) is 89.9 Å². The molecule has 0 aromatic heterocycles. The van der Waals surface area contributed by atoms with Crippen LogP contribution in [0.2, 0.25) is 0 Å². The third-order valence-corrected chi connectivity index (χ3v) is 7.50. The van der Waals surface area contributed by atoms with E-state index < -0.39 is 11.6 Å². The number of ether oxygens (including phenoxy) is 2. The van der Waals surface area contributed by atoms with Gasteiger partial charge in [-0.1, -0.05) is 44.5 Å². The van der Waals surface area contributed by atoms with Crippen molar-refractivity contribution >= 4 is 17.8 Å². The molecular weight excluding hydrogens is 492 g/mol. The predicted molar refractivity (Wildman–Crippen MR) is 153 cm³/mol. The lowest BCUT2D eigenvalue weighted by molar-refractivity contribution is -0.131. The number of nitrogens with one attached hydrogen (secondary N) is 1. The predicted octanol–water partition coefficient (Wildman–Crippen LogP) is 5.07. The quantitative estimate of drug-likeness (QED) is 0.559. The molecule has 6 rings (SSSR count). The summed E-state index contributed by atoms with van der Waals surface area (Å²) in [5.41, 5.74) is 9.46. The van der Waals surface area contributed by atoms with Crippen LogP contribution in [0.1, 0.15) is 98.9 Å². The summed E-state index contributed by atoms with van der Waals surface area (Å²) in [7, 11) is 1.59. The highest BCUT2D eigenvalue weighted by Crippen LogP contribution is 2.40. The Morgan fingerprint density at radius 3 is 2.69 bits per heavy atom. The van der Waals surface area contributed by atoms with Crippen LogP contribution in [0, 0.1) is 0 Å². The number of rotatable bonds is 2. The fourth-order valence-electron chi connectivity index (χ4n) is 5.73. The van der Waals surface area contributed by atoms with E-state index in [2.05, 4.69) is 22.4 Å². The smallest absolute Gasteiger partial charge is 0.251 e. The number of carbonyl (C=O) groups excluding carboxylic acids is 2. The number of hydrogen-bond acceptors (Lipinski definition) is 6.